The first kappa shape index (κ1) is 15.3. The van der Waals surface area contributed by atoms with Gasteiger partial charge >= 0.3 is 0 Å². The molecule has 3 N–H and O–H groups in total. The third-order valence-electron chi connectivity index (χ3n) is 6.31. The maximum absolute atomic E-state index is 12.5. The normalized spacial score (nSPS) is 40.2. The van der Waals surface area contributed by atoms with Gasteiger partial charge in [0.25, 0.3) is 0 Å². The van der Waals surface area contributed by atoms with Gasteiger partial charge in [-0.2, -0.15) is 0 Å². The molecule has 0 aromatic rings. The number of hydrogen-bond donors (Lipinski definition) is 2. The summed E-state index contributed by atoms with van der Waals surface area (Å²) in [6.45, 7) is 1.55. The first-order valence-corrected chi connectivity index (χ1v) is 8.88. The highest BCUT2D eigenvalue weighted by molar-refractivity contribution is 5.79. The lowest BCUT2D eigenvalue weighted by molar-refractivity contribution is -0.128. The number of piperidine rings is 1. The van der Waals surface area contributed by atoms with Crippen LogP contribution in [0.1, 0.15) is 51.4 Å². The molecule has 2 aliphatic heterocycles. The van der Waals surface area contributed by atoms with Gasteiger partial charge in [0.15, 0.2) is 0 Å². The van der Waals surface area contributed by atoms with Crippen molar-refractivity contribution in [2.75, 3.05) is 20.1 Å². The molecule has 4 atom stereocenters. The standard InChI is InChI=1S/C17H31N3O/c1-20-14-6-7-15(20)9-12(8-14)11-19-17(21)16-5-3-2-4-13(16)10-18/h12-16H,2-11,18H2,1H3,(H,19,21). The highest BCUT2D eigenvalue weighted by Gasteiger charge is 2.38. The Morgan fingerprint density at radius 2 is 1.81 bits per heavy atom. The number of carbonyl (C=O) groups is 1. The van der Waals surface area contributed by atoms with E-state index in [2.05, 4.69) is 17.3 Å². The van der Waals surface area contributed by atoms with Crippen molar-refractivity contribution in [2.45, 2.75) is 63.5 Å². The molecule has 0 aromatic heterocycles. The third kappa shape index (κ3) is 3.26. The second kappa shape index (κ2) is 6.66. The molecule has 4 heteroatoms. The fourth-order valence-corrected chi connectivity index (χ4v) is 4.90. The number of carbonyl (C=O) groups excluding carboxylic acids is 1. The van der Waals surface area contributed by atoms with Crippen LogP contribution in [0.3, 0.4) is 0 Å². The summed E-state index contributed by atoms with van der Waals surface area (Å²) in [7, 11) is 2.27. The molecule has 0 radical (unpaired) electrons. The highest BCUT2D eigenvalue weighted by Crippen LogP contribution is 2.37. The Morgan fingerprint density at radius 3 is 2.48 bits per heavy atom. The molecule has 4 unspecified atom stereocenters. The molecular formula is C17H31N3O. The van der Waals surface area contributed by atoms with Crippen LogP contribution >= 0.6 is 0 Å². The van der Waals surface area contributed by atoms with E-state index in [9.17, 15) is 4.79 Å². The first-order chi connectivity index (χ1) is 10.2. The van der Waals surface area contributed by atoms with Crippen molar-refractivity contribution < 1.29 is 4.79 Å². The first-order valence-electron chi connectivity index (χ1n) is 8.88. The second-order valence-corrected chi connectivity index (χ2v) is 7.52. The largest absolute Gasteiger partial charge is 0.356 e. The van der Waals surface area contributed by atoms with Gasteiger partial charge in [0, 0.05) is 24.5 Å². The molecule has 4 nitrogen and oxygen atoms in total. The molecule has 0 spiro atoms. The quantitative estimate of drug-likeness (QED) is 0.830. The predicted octanol–water partition coefficient (Wildman–Crippen LogP) is 1.74. The van der Waals surface area contributed by atoms with E-state index in [1.807, 2.05) is 0 Å². The minimum absolute atomic E-state index is 0.173. The van der Waals surface area contributed by atoms with Crippen LogP contribution in [0.4, 0.5) is 0 Å². The zero-order chi connectivity index (χ0) is 14.8. The van der Waals surface area contributed by atoms with Crippen LogP contribution in [-0.4, -0.2) is 43.0 Å². The Labute approximate surface area is 128 Å². The Kier molecular flexibility index (Phi) is 4.85. The molecule has 1 saturated carbocycles. The van der Waals surface area contributed by atoms with Gasteiger partial charge in [-0.3, -0.25) is 4.79 Å². The van der Waals surface area contributed by atoms with Gasteiger partial charge in [0.1, 0.15) is 0 Å². The van der Waals surface area contributed by atoms with Gasteiger partial charge in [0.05, 0.1) is 0 Å². The minimum atomic E-state index is 0.173. The topological polar surface area (TPSA) is 58.4 Å². The van der Waals surface area contributed by atoms with Crippen LogP contribution in [0.15, 0.2) is 0 Å². The van der Waals surface area contributed by atoms with Gasteiger partial charge in [0.2, 0.25) is 5.91 Å². The number of fused-ring (bicyclic) bond motifs is 2. The van der Waals surface area contributed by atoms with E-state index >= 15 is 0 Å². The van der Waals surface area contributed by atoms with Crippen molar-refractivity contribution in [3.63, 3.8) is 0 Å². The van der Waals surface area contributed by atoms with Crippen LogP contribution in [-0.2, 0) is 4.79 Å². The van der Waals surface area contributed by atoms with E-state index in [0.29, 0.717) is 18.4 Å². The van der Waals surface area contributed by atoms with Crippen molar-refractivity contribution in [3.05, 3.63) is 0 Å². The predicted molar refractivity (Wildman–Crippen MR) is 84.8 cm³/mol. The van der Waals surface area contributed by atoms with Gasteiger partial charge in [-0.25, -0.2) is 0 Å². The molecule has 120 valence electrons. The molecule has 3 fully saturated rings. The molecular weight excluding hydrogens is 262 g/mol. The Morgan fingerprint density at radius 1 is 1.14 bits per heavy atom. The fraction of sp³-hybridized carbons (Fsp3) is 0.941. The lowest BCUT2D eigenvalue weighted by Gasteiger charge is -2.37. The summed E-state index contributed by atoms with van der Waals surface area (Å²) in [5.74, 6) is 1.54. The van der Waals surface area contributed by atoms with Crippen LogP contribution in [0, 0.1) is 17.8 Å². The summed E-state index contributed by atoms with van der Waals surface area (Å²) in [6, 6.07) is 1.52. The number of hydrogen-bond acceptors (Lipinski definition) is 3. The molecule has 21 heavy (non-hydrogen) atoms. The maximum atomic E-state index is 12.5. The summed E-state index contributed by atoms with van der Waals surface area (Å²) in [6.07, 6.45) is 9.82. The summed E-state index contributed by atoms with van der Waals surface area (Å²) in [4.78, 5) is 15.0. The average Bonchev–Trinajstić information content (AvgIpc) is 2.74. The molecule has 1 aliphatic carbocycles. The lowest BCUT2D eigenvalue weighted by Crippen LogP contribution is -2.45. The molecule has 2 bridgehead atoms. The molecule has 1 amide bonds. The van der Waals surface area contributed by atoms with Crippen molar-refractivity contribution in [3.8, 4) is 0 Å². The average molecular weight is 293 g/mol. The van der Waals surface area contributed by atoms with Gasteiger partial charge in [-0.15, -0.1) is 0 Å². The number of nitrogens with one attached hydrogen (secondary N) is 1. The van der Waals surface area contributed by atoms with Gasteiger partial charge < -0.3 is 16.0 Å². The molecule has 0 aromatic carbocycles. The summed E-state index contributed by atoms with van der Waals surface area (Å²) >= 11 is 0. The van der Waals surface area contributed by atoms with E-state index in [0.717, 1.165) is 31.5 Å². The molecule has 3 rings (SSSR count). The number of nitrogens with two attached hydrogens (primary N) is 1. The Hall–Kier alpha value is -0.610. The smallest absolute Gasteiger partial charge is 0.223 e. The number of amides is 1. The van der Waals surface area contributed by atoms with Gasteiger partial charge in [-0.1, -0.05) is 12.8 Å². The van der Waals surface area contributed by atoms with Crippen molar-refractivity contribution in [1.29, 1.82) is 0 Å². The lowest BCUT2D eigenvalue weighted by atomic mass is 9.78. The molecule has 2 heterocycles. The number of rotatable bonds is 4. The van der Waals surface area contributed by atoms with E-state index < -0.39 is 0 Å². The van der Waals surface area contributed by atoms with Crippen molar-refractivity contribution in [2.24, 2.45) is 23.5 Å². The maximum Gasteiger partial charge on any atom is 0.223 e. The fourth-order valence-electron chi connectivity index (χ4n) is 4.90. The highest BCUT2D eigenvalue weighted by atomic mass is 16.1. The van der Waals surface area contributed by atoms with Gasteiger partial charge in [-0.05, 0) is 64.0 Å². The Bertz CT molecular complexity index is 359. The zero-order valence-electron chi connectivity index (χ0n) is 13.4. The second-order valence-electron chi connectivity index (χ2n) is 7.52. The SMILES string of the molecule is CN1C2CCC1CC(CNC(=O)C1CCCCC1CN)C2. The Balaban J connectivity index is 1.47. The van der Waals surface area contributed by atoms with Crippen molar-refractivity contribution >= 4 is 5.91 Å². The van der Waals surface area contributed by atoms with Crippen LogP contribution in [0.25, 0.3) is 0 Å². The molecule has 3 aliphatic rings. The van der Waals surface area contributed by atoms with Crippen LogP contribution in [0.5, 0.6) is 0 Å². The third-order valence-corrected chi connectivity index (χ3v) is 6.31. The van der Waals surface area contributed by atoms with E-state index in [4.69, 9.17) is 5.73 Å². The van der Waals surface area contributed by atoms with Crippen LogP contribution < -0.4 is 11.1 Å². The van der Waals surface area contributed by atoms with Crippen LogP contribution in [0.2, 0.25) is 0 Å². The van der Waals surface area contributed by atoms with E-state index in [-0.39, 0.29) is 11.8 Å². The summed E-state index contributed by atoms with van der Waals surface area (Å²) in [5.41, 5.74) is 5.84. The number of nitrogens with zero attached hydrogens (tertiary/aromatic N) is 1. The van der Waals surface area contributed by atoms with Crippen molar-refractivity contribution in [1.82, 2.24) is 10.2 Å². The summed E-state index contributed by atoms with van der Waals surface area (Å²) < 4.78 is 0. The van der Waals surface area contributed by atoms with E-state index in [1.165, 1.54) is 38.5 Å². The zero-order valence-corrected chi connectivity index (χ0v) is 13.4. The minimum Gasteiger partial charge on any atom is -0.356 e. The molecule has 2 saturated heterocycles. The monoisotopic (exact) mass is 293 g/mol. The van der Waals surface area contributed by atoms with E-state index in [1.54, 1.807) is 0 Å². The summed E-state index contributed by atoms with van der Waals surface area (Å²) in [5, 5.41) is 3.26.